The molecule has 0 bridgehead atoms. The van der Waals surface area contributed by atoms with Crippen molar-refractivity contribution in [2.24, 2.45) is 0 Å². The van der Waals surface area contributed by atoms with E-state index >= 15 is 0 Å². The fraction of sp³-hybridized carbons (Fsp3) is 0.211. The normalized spacial score (nSPS) is 21.4. The molecule has 7 heteroatoms. The third-order valence-corrected chi connectivity index (χ3v) is 4.76. The summed E-state index contributed by atoms with van der Waals surface area (Å²) in [6, 6.07) is 8.47. The maximum atomic E-state index is 14.6. The lowest BCUT2D eigenvalue weighted by Crippen LogP contribution is -2.45. The van der Waals surface area contributed by atoms with Gasteiger partial charge in [0.15, 0.2) is 5.60 Å². The molecule has 1 aromatic heterocycles. The molecular weight excluding hydrogens is 345 g/mol. The first-order valence-corrected chi connectivity index (χ1v) is 7.98. The lowest BCUT2D eigenvalue weighted by Gasteiger charge is -2.35. The van der Waals surface area contributed by atoms with Gasteiger partial charge in [-0.25, -0.2) is 18.2 Å². The van der Waals surface area contributed by atoms with E-state index in [0.29, 0.717) is 5.56 Å². The van der Waals surface area contributed by atoms with Gasteiger partial charge in [-0.1, -0.05) is 18.2 Å². The number of ether oxygens (including phenoxy) is 1. The highest BCUT2D eigenvalue weighted by Gasteiger charge is 2.64. The minimum atomic E-state index is -1.86. The molecule has 2 aromatic carbocycles. The van der Waals surface area contributed by atoms with E-state index < -0.39 is 28.7 Å². The summed E-state index contributed by atoms with van der Waals surface area (Å²) < 4.78 is 48.5. The largest absolute Gasteiger partial charge is 0.380 e. The Morgan fingerprint density at radius 2 is 1.81 bits per heavy atom. The molecule has 2 atom stereocenters. The van der Waals surface area contributed by atoms with Gasteiger partial charge in [0.05, 0.1) is 19.5 Å². The van der Waals surface area contributed by atoms with Crippen LogP contribution in [0.5, 0.6) is 0 Å². The van der Waals surface area contributed by atoms with Crippen molar-refractivity contribution < 1.29 is 23.0 Å². The molecule has 1 fully saturated rings. The third kappa shape index (κ3) is 2.60. The molecule has 2 heterocycles. The van der Waals surface area contributed by atoms with Crippen LogP contribution in [0.1, 0.15) is 11.1 Å². The molecule has 0 amide bonds. The van der Waals surface area contributed by atoms with Crippen LogP contribution in [0.2, 0.25) is 0 Å². The topological polar surface area (TPSA) is 50.6 Å². The van der Waals surface area contributed by atoms with Crippen LogP contribution < -0.4 is 0 Å². The van der Waals surface area contributed by atoms with E-state index in [2.05, 4.69) is 4.98 Å². The van der Waals surface area contributed by atoms with Gasteiger partial charge in [-0.05, 0) is 23.8 Å². The molecule has 4 rings (SSSR count). The summed E-state index contributed by atoms with van der Waals surface area (Å²) in [7, 11) is 0. The van der Waals surface area contributed by atoms with Gasteiger partial charge in [0.1, 0.15) is 23.1 Å². The first-order chi connectivity index (χ1) is 12.4. The van der Waals surface area contributed by atoms with E-state index in [1.54, 1.807) is 10.8 Å². The van der Waals surface area contributed by atoms with Crippen LogP contribution >= 0.6 is 0 Å². The molecule has 4 nitrogen and oxygen atoms in total. The number of imidazole rings is 1. The Morgan fingerprint density at radius 1 is 1.12 bits per heavy atom. The third-order valence-electron chi connectivity index (χ3n) is 4.76. The maximum Gasteiger partial charge on any atom is 0.151 e. The van der Waals surface area contributed by atoms with Gasteiger partial charge in [0.25, 0.3) is 0 Å². The smallest absolute Gasteiger partial charge is 0.151 e. The second kappa shape index (κ2) is 5.96. The van der Waals surface area contributed by atoms with Gasteiger partial charge in [-0.2, -0.15) is 0 Å². The van der Waals surface area contributed by atoms with E-state index in [1.807, 2.05) is 0 Å². The maximum absolute atomic E-state index is 14.6. The summed E-state index contributed by atoms with van der Waals surface area (Å²) in [5, 5.41) is 11.6. The number of hydrogen-bond donors (Lipinski definition) is 1. The quantitative estimate of drug-likeness (QED) is 0.712. The van der Waals surface area contributed by atoms with Gasteiger partial charge < -0.3 is 14.4 Å². The molecule has 0 aliphatic carbocycles. The highest BCUT2D eigenvalue weighted by molar-refractivity contribution is 5.38. The molecule has 0 spiro atoms. The lowest BCUT2D eigenvalue weighted by molar-refractivity contribution is -0.0635. The number of rotatable bonds is 5. The Hall–Kier alpha value is -2.64. The number of aromatic nitrogens is 2. The zero-order valence-corrected chi connectivity index (χ0v) is 13.6. The van der Waals surface area contributed by atoms with Crippen LogP contribution in [0, 0.1) is 17.5 Å². The lowest BCUT2D eigenvalue weighted by atomic mass is 9.76. The van der Waals surface area contributed by atoms with Crippen molar-refractivity contribution in [3.05, 3.63) is 89.8 Å². The molecule has 26 heavy (non-hydrogen) atoms. The number of epoxide rings is 1. The number of hydrogen-bond acceptors (Lipinski definition) is 3. The summed E-state index contributed by atoms with van der Waals surface area (Å²) in [5.74, 6) is -2.07. The molecule has 0 radical (unpaired) electrons. The highest BCUT2D eigenvalue weighted by atomic mass is 19.1. The molecule has 3 aromatic rings. The van der Waals surface area contributed by atoms with Gasteiger partial charge >= 0.3 is 0 Å². The predicted molar refractivity (Wildman–Crippen MR) is 86.5 cm³/mol. The summed E-state index contributed by atoms with van der Waals surface area (Å²) >= 11 is 0. The molecule has 2 unspecified atom stereocenters. The van der Waals surface area contributed by atoms with Crippen molar-refractivity contribution in [3.8, 4) is 0 Å². The molecule has 1 saturated heterocycles. The zero-order chi connectivity index (χ0) is 18.4. The minimum Gasteiger partial charge on any atom is -0.380 e. The molecule has 134 valence electrons. The van der Waals surface area contributed by atoms with Crippen LogP contribution in [0.4, 0.5) is 13.2 Å². The van der Waals surface area contributed by atoms with E-state index in [1.165, 1.54) is 42.9 Å². The summed E-state index contributed by atoms with van der Waals surface area (Å²) in [4.78, 5) is 3.93. The van der Waals surface area contributed by atoms with E-state index in [-0.39, 0.29) is 18.7 Å². The molecule has 1 aliphatic rings. The minimum absolute atomic E-state index is 0.0765. The first kappa shape index (κ1) is 16.8. The fourth-order valence-corrected chi connectivity index (χ4v) is 3.34. The number of benzene rings is 2. The van der Waals surface area contributed by atoms with Crippen LogP contribution in [-0.4, -0.2) is 21.3 Å². The van der Waals surface area contributed by atoms with Crippen molar-refractivity contribution in [2.75, 3.05) is 6.61 Å². The van der Waals surface area contributed by atoms with E-state index in [9.17, 15) is 18.3 Å². The first-order valence-electron chi connectivity index (χ1n) is 7.98. The summed E-state index contributed by atoms with van der Waals surface area (Å²) in [5.41, 5.74) is -2.73. The van der Waals surface area contributed by atoms with Crippen molar-refractivity contribution >= 4 is 0 Å². The SMILES string of the molecule is OC(Cn1ccnc1)(c1ccc(F)cc1F)C1(c2ccc(F)cc2)CO1. The monoisotopic (exact) mass is 360 g/mol. The van der Waals surface area contributed by atoms with Crippen molar-refractivity contribution in [3.63, 3.8) is 0 Å². The van der Waals surface area contributed by atoms with E-state index in [0.717, 1.165) is 12.1 Å². The van der Waals surface area contributed by atoms with Crippen molar-refractivity contribution in [1.82, 2.24) is 9.55 Å². The van der Waals surface area contributed by atoms with Crippen LogP contribution in [-0.2, 0) is 22.5 Å². The Kier molecular flexibility index (Phi) is 3.86. The molecule has 0 saturated carbocycles. The summed E-state index contributed by atoms with van der Waals surface area (Å²) in [6.45, 7) is 0.0353. The number of halogens is 3. The standard InChI is InChI=1S/C19H15F3N2O2/c20-14-3-1-13(2-4-14)19(11-26-19)18(25,10-24-8-7-23-12-24)16-6-5-15(21)9-17(16)22/h1-9,12,25H,10-11H2. The Bertz CT molecular complexity index is 924. The van der Waals surface area contributed by atoms with Crippen LogP contribution in [0.25, 0.3) is 0 Å². The Balaban J connectivity index is 1.86. The Morgan fingerprint density at radius 3 is 2.38 bits per heavy atom. The average Bonchev–Trinajstić information content (AvgIpc) is 3.27. The van der Waals surface area contributed by atoms with Gasteiger partial charge in [0.2, 0.25) is 0 Å². The van der Waals surface area contributed by atoms with Crippen LogP contribution in [0.15, 0.2) is 61.2 Å². The van der Waals surface area contributed by atoms with Gasteiger partial charge in [-0.15, -0.1) is 0 Å². The predicted octanol–water partition coefficient (Wildman–Crippen LogP) is 3.11. The zero-order valence-electron chi connectivity index (χ0n) is 13.6. The number of aliphatic hydroxyl groups is 1. The molecular formula is C19H15F3N2O2. The summed E-state index contributed by atoms with van der Waals surface area (Å²) in [6.07, 6.45) is 4.63. The molecule has 1 N–H and O–H groups in total. The van der Waals surface area contributed by atoms with Gasteiger partial charge in [-0.3, -0.25) is 0 Å². The Labute approximate surface area is 147 Å². The van der Waals surface area contributed by atoms with Crippen molar-refractivity contribution in [2.45, 2.75) is 17.7 Å². The second-order valence-electron chi connectivity index (χ2n) is 6.34. The van der Waals surface area contributed by atoms with E-state index in [4.69, 9.17) is 4.74 Å². The van der Waals surface area contributed by atoms with Crippen molar-refractivity contribution in [1.29, 1.82) is 0 Å². The van der Waals surface area contributed by atoms with Gasteiger partial charge in [0, 0.05) is 24.0 Å². The highest BCUT2D eigenvalue weighted by Crippen LogP contribution is 2.54. The average molecular weight is 360 g/mol. The number of nitrogens with zero attached hydrogens (tertiary/aromatic N) is 2. The second-order valence-corrected chi connectivity index (χ2v) is 6.34. The fourth-order valence-electron chi connectivity index (χ4n) is 3.34. The molecule has 1 aliphatic heterocycles. The van der Waals surface area contributed by atoms with Crippen LogP contribution in [0.3, 0.4) is 0 Å².